The summed E-state index contributed by atoms with van der Waals surface area (Å²) in [4.78, 5) is 0. The molecule has 32 heavy (non-hydrogen) atoms. The lowest BCUT2D eigenvalue weighted by molar-refractivity contribution is -0.475. The van der Waals surface area contributed by atoms with Crippen LogP contribution in [-0.2, 0) is 21.6 Å². The van der Waals surface area contributed by atoms with E-state index in [9.17, 15) is 0 Å². The van der Waals surface area contributed by atoms with E-state index in [0.29, 0.717) is 18.4 Å². The highest BCUT2D eigenvalue weighted by atomic mass is 35.5. The van der Waals surface area contributed by atoms with E-state index in [-0.39, 0.29) is 24.0 Å². The Morgan fingerprint density at radius 1 is 0.844 bits per heavy atom. The maximum Gasteiger partial charge on any atom is 0.169 e. The summed E-state index contributed by atoms with van der Waals surface area (Å²) in [6.07, 6.45) is 2.73. The fourth-order valence-electron chi connectivity index (χ4n) is 4.15. The van der Waals surface area contributed by atoms with Gasteiger partial charge in [-0.2, -0.15) is 0 Å². The summed E-state index contributed by atoms with van der Waals surface area (Å²) in [7, 11) is 0. The first-order valence-electron chi connectivity index (χ1n) is 11.8. The number of ether oxygens (including phenoxy) is 2. The molecule has 0 aliphatic heterocycles. The molecule has 2 rings (SSSR count). The fourth-order valence-corrected chi connectivity index (χ4v) is 4.15. The normalized spacial score (nSPS) is 14.8. The van der Waals surface area contributed by atoms with Crippen LogP contribution in [0.2, 0.25) is 0 Å². The van der Waals surface area contributed by atoms with Crippen LogP contribution in [0.1, 0.15) is 90.5 Å². The van der Waals surface area contributed by atoms with Gasteiger partial charge in [-0.3, -0.25) is 0 Å². The third-order valence-electron chi connectivity index (χ3n) is 5.69. The molecule has 0 saturated heterocycles. The molecule has 0 saturated carbocycles. The lowest BCUT2D eigenvalue weighted by atomic mass is 9.88. The zero-order chi connectivity index (χ0) is 23.1. The van der Waals surface area contributed by atoms with Gasteiger partial charge in [0.2, 0.25) is 0 Å². The van der Waals surface area contributed by atoms with E-state index in [4.69, 9.17) is 9.47 Å². The topological polar surface area (TPSA) is 46.1 Å². The van der Waals surface area contributed by atoms with Gasteiger partial charge < -0.3 is 27.6 Å². The molecule has 0 aromatic heterocycles. The van der Waals surface area contributed by atoms with E-state index < -0.39 is 5.79 Å². The number of rotatable bonds is 12. The predicted octanol–water partition coefficient (Wildman–Crippen LogP) is 3.64. The van der Waals surface area contributed by atoms with Crippen molar-refractivity contribution in [1.82, 2.24) is 0 Å². The molecule has 0 amide bonds. The van der Waals surface area contributed by atoms with Gasteiger partial charge in [-0.1, -0.05) is 82.3 Å². The molecule has 4 heteroatoms. The molecule has 0 heterocycles. The van der Waals surface area contributed by atoms with Crippen LogP contribution in [-0.4, -0.2) is 5.79 Å². The number of quaternary nitrogens is 1. The van der Waals surface area contributed by atoms with Gasteiger partial charge in [0.15, 0.2) is 5.79 Å². The zero-order valence-electron chi connectivity index (χ0n) is 21.2. The van der Waals surface area contributed by atoms with Gasteiger partial charge in [0, 0.05) is 18.4 Å². The largest absolute Gasteiger partial charge is 1.00 e. The smallest absolute Gasteiger partial charge is 0.169 e. The van der Waals surface area contributed by atoms with Crippen molar-refractivity contribution in [3.05, 3.63) is 71.3 Å². The maximum absolute atomic E-state index is 6.89. The van der Waals surface area contributed by atoms with E-state index in [1.54, 1.807) is 0 Å². The molecule has 3 N–H and O–H groups in total. The summed E-state index contributed by atoms with van der Waals surface area (Å²) in [5.74, 6) is 0.443. The van der Waals surface area contributed by atoms with Crippen LogP contribution < -0.4 is 18.1 Å². The van der Waals surface area contributed by atoms with Crippen LogP contribution in [0.25, 0.3) is 0 Å². The van der Waals surface area contributed by atoms with Gasteiger partial charge in [0.25, 0.3) is 0 Å². The molecule has 2 aromatic rings. The Balaban J connectivity index is 0.00000512. The Bertz CT molecular complexity index is 786. The average Bonchev–Trinajstić information content (AvgIpc) is 2.70. The minimum absolute atomic E-state index is 0. The molecule has 2 unspecified atom stereocenters. The predicted molar refractivity (Wildman–Crippen MR) is 129 cm³/mol. The van der Waals surface area contributed by atoms with Crippen LogP contribution in [0.5, 0.6) is 0 Å². The maximum atomic E-state index is 6.89. The van der Waals surface area contributed by atoms with Gasteiger partial charge in [0.05, 0.1) is 12.7 Å². The van der Waals surface area contributed by atoms with Gasteiger partial charge in [0.1, 0.15) is 5.54 Å². The monoisotopic (exact) mass is 461 g/mol. The first-order chi connectivity index (χ1) is 14.5. The van der Waals surface area contributed by atoms with Crippen LogP contribution in [0.15, 0.2) is 54.6 Å². The van der Waals surface area contributed by atoms with E-state index in [2.05, 4.69) is 103 Å². The van der Waals surface area contributed by atoms with E-state index in [1.807, 2.05) is 6.07 Å². The first-order valence-corrected chi connectivity index (χ1v) is 11.8. The van der Waals surface area contributed by atoms with Crippen molar-refractivity contribution in [2.45, 2.75) is 91.8 Å². The number of hydrogen-bond acceptors (Lipinski definition) is 2. The number of benzene rings is 2. The zero-order valence-corrected chi connectivity index (χ0v) is 21.9. The molecule has 180 valence electrons. The second-order valence-electron chi connectivity index (χ2n) is 10.4. The van der Waals surface area contributed by atoms with Crippen molar-refractivity contribution >= 4 is 0 Å². The van der Waals surface area contributed by atoms with Gasteiger partial charge in [-0.25, -0.2) is 0 Å². The lowest BCUT2D eigenvalue weighted by Gasteiger charge is -2.39. The summed E-state index contributed by atoms with van der Waals surface area (Å²) >= 11 is 0. The molecule has 0 radical (unpaired) electrons. The Labute approximate surface area is 202 Å². The lowest BCUT2D eigenvalue weighted by Crippen LogP contribution is -3.00. The summed E-state index contributed by atoms with van der Waals surface area (Å²) in [6, 6.07) is 18.9. The highest BCUT2D eigenvalue weighted by Gasteiger charge is 2.36. The van der Waals surface area contributed by atoms with Crippen molar-refractivity contribution in [2.75, 3.05) is 0 Å². The second kappa shape index (κ2) is 12.7. The third-order valence-corrected chi connectivity index (χ3v) is 5.69. The molecule has 0 aliphatic carbocycles. The molecule has 0 spiro atoms. The van der Waals surface area contributed by atoms with E-state index >= 15 is 0 Å². The molecular weight excluding hydrogens is 418 g/mol. The summed E-state index contributed by atoms with van der Waals surface area (Å²) < 4.78 is 13.5. The van der Waals surface area contributed by atoms with Crippen molar-refractivity contribution in [3.8, 4) is 0 Å². The van der Waals surface area contributed by atoms with Crippen LogP contribution in [0.3, 0.4) is 0 Å². The summed E-state index contributed by atoms with van der Waals surface area (Å²) in [5.41, 5.74) is 7.80. The van der Waals surface area contributed by atoms with Crippen molar-refractivity contribution in [1.29, 1.82) is 0 Å². The van der Waals surface area contributed by atoms with Gasteiger partial charge in [-0.05, 0) is 50.2 Å². The molecule has 3 nitrogen and oxygen atoms in total. The summed E-state index contributed by atoms with van der Waals surface area (Å²) in [6.45, 7) is 16.0. The Kier molecular flexibility index (Phi) is 11.4. The minimum Gasteiger partial charge on any atom is -1.00 e. The highest BCUT2D eigenvalue weighted by molar-refractivity contribution is 5.32. The molecular formula is C28H44ClNO2. The molecule has 2 aromatic carbocycles. The Hall–Kier alpha value is -1.39. The third kappa shape index (κ3) is 8.86. The summed E-state index contributed by atoms with van der Waals surface area (Å²) in [5, 5.41) is 0. The van der Waals surface area contributed by atoms with Gasteiger partial charge in [-0.15, -0.1) is 0 Å². The Morgan fingerprint density at radius 3 is 2.00 bits per heavy atom. The number of hydrogen-bond donors (Lipinski definition) is 1. The van der Waals surface area contributed by atoms with Crippen molar-refractivity contribution in [3.63, 3.8) is 0 Å². The molecule has 0 fully saturated rings. The molecule has 0 aliphatic rings. The highest BCUT2D eigenvalue weighted by Crippen LogP contribution is 2.37. The van der Waals surface area contributed by atoms with Crippen molar-refractivity contribution in [2.24, 2.45) is 11.8 Å². The Morgan fingerprint density at radius 2 is 1.44 bits per heavy atom. The van der Waals surface area contributed by atoms with Crippen molar-refractivity contribution < 1.29 is 27.6 Å². The molecule has 2 atom stereocenters. The van der Waals surface area contributed by atoms with E-state index in [1.165, 1.54) is 16.7 Å². The second-order valence-corrected chi connectivity index (χ2v) is 10.4. The quantitative estimate of drug-likeness (QED) is 0.490. The SMILES string of the molecule is CC(C)CCC(CC(C)C)(OCc1ccccc1)OC(C)c1ccccc1C(C)(C)[NH3+].[Cl-]. The van der Waals surface area contributed by atoms with Gasteiger partial charge >= 0.3 is 0 Å². The van der Waals surface area contributed by atoms with E-state index in [0.717, 1.165) is 19.3 Å². The minimum atomic E-state index is -0.619. The number of halogens is 1. The molecule has 0 bridgehead atoms. The average molecular weight is 462 g/mol. The first kappa shape index (κ1) is 28.6. The van der Waals surface area contributed by atoms with Crippen LogP contribution in [0, 0.1) is 11.8 Å². The fraction of sp³-hybridized carbons (Fsp3) is 0.571. The standard InChI is InChI=1S/C28H43NO2.ClH/c1-21(2)17-18-28(19-22(3)4,30-20-24-13-9-8-10-14-24)31-23(5)25-15-11-12-16-26(25)27(6,7)29;/h8-16,21-23H,17-20,29H2,1-7H3;1H. The van der Waals surface area contributed by atoms with Crippen LogP contribution >= 0.6 is 0 Å². The van der Waals surface area contributed by atoms with Crippen LogP contribution in [0.4, 0.5) is 0 Å².